The molecule has 0 N–H and O–H groups in total. The molecule has 0 aromatic heterocycles. The standard InChI is InChI=1S/C15H22O6/c1-9(2)11(16)19-15(8,20-12(17)10(3)4)13(18)21-14(5,6)7/h1,3H2,2,4-8H3. The fourth-order valence-electron chi connectivity index (χ4n) is 1.00. The quantitative estimate of drug-likeness (QED) is 0.440. The van der Waals surface area contributed by atoms with E-state index in [0.717, 1.165) is 6.92 Å². The van der Waals surface area contributed by atoms with E-state index >= 15 is 0 Å². The Balaban J connectivity index is 5.39. The highest BCUT2D eigenvalue weighted by Crippen LogP contribution is 2.22. The van der Waals surface area contributed by atoms with Crippen LogP contribution < -0.4 is 0 Å². The van der Waals surface area contributed by atoms with Crippen LogP contribution in [0.3, 0.4) is 0 Å². The van der Waals surface area contributed by atoms with Crippen LogP contribution in [0.2, 0.25) is 0 Å². The molecule has 6 heteroatoms. The largest absolute Gasteiger partial charge is 0.454 e. The molecule has 118 valence electrons. The van der Waals surface area contributed by atoms with Crippen LogP contribution in [-0.4, -0.2) is 29.3 Å². The lowest BCUT2D eigenvalue weighted by atomic mass is 10.2. The van der Waals surface area contributed by atoms with Gasteiger partial charge in [-0.2, -0.15) is 0 Å². The summed E-state index contributed by atoms with van der Waals surface area (Å²) in [7, 11) is 0. The van der Waals surface area contributed by atoms with Gasteiger partial charge in [0.2, 0.25) is 0 Å². The van der Waals surface area contributed by atoms with E-state index in [1.807, 2.05) is 0 Å². The number of hydrogen-bond donors (Lipinski definition) is 0. The smallest absolute Gasteiger partial charge is 0.393 e. The van der Waals surface area contributed by atoms with Crippen LogP contribution in [0.25, 0.3) is 0 Å². The minimum atomic E-state index is -2.21. The van der Waals surface area contributed by atoms with Crippen molar-refractivity contribution >= 4 is 17.9 Å². The molecule has 0 spiro atoms. The summed E-state index contributed by atoms with van der Waals surface area (Å²) in [4.78, 5) is 35.4. The van der Waals surface area contributed by atoms with Gasteiger partial charge in [-0.05, 0) is 34.6 Å². The van der Waals surface area contributed by atoms with Crippen LogP contribution in [0, 0.1) is 0 Å². The molecular weight excluding hydrogens is 276 g/mol. The van der Waals surface area contributed by atoms with Crippen LogP contribution >= 0.6 is 0 Å². The first-order valence-corrected chi connectivity index (χ1v) is 6.29. The average Bonchev–Trinajstić information content (AvgIpc) is 2.25. The zero-order chi connectivity index (χ0) is 17.0. The highest BCUT2D eigenvalue weighted by atomic mass is 16.8. The summed E-state index contributed by atoms with van der Waals surface area (Å²) < 4.78 is 15.0. The predicted octanol–water partition coefficient (Wildman–Crippen LogP) is 2.28. The van der Waals surface area contributed by atoms with Crippen LogP contribution in [0.1, 0.15) is 41.5 Å². The van der Waals surface area contributed by atoms with Crippen molar-refractivity contribution in [1.82, 2.24) is 0 Å². The van der Waals surface area contributed by atoms with Crippen molar-refractivity contribution in [3.8, 4) is 0 Å². The first-order valence-electron chi connectivity index (χ1n) is 6.29. The molecule has 0 aromatic rings. The lowest BCUT2D eigenvalue weighted by molar-refractivity contribution is -0.236. The van der Waals surface area contributed by atoms with Gasteiger partial charge in [-0.1, -0.05) is 13.2 Å². The van der Waals surface area contributed by atoms with Gasteiger partial charge in [-0.25, -0.2) is 14.4 Å². The fraction of sp³-hybridized carbons (Fsp3) is 0.533. The Bertz CT molecular complexity index is 453. The number of esters is 3. The second kappa shape index (κ2) is 6.56. The number of carbonyl (C=O) groups excluding carboxylic acids is 3. The molecule has 0 aromatic carbocycles. The van der Waals surface area contributed by atoms with Crippen LogP contribution in [0.5, 0.6) is 0 Å². The van der Waals surface area contributed by atoms with Gasteiger partial charge < -0.3 is 14.2 Å². The second-order valence-electron chi connectivity index (χ2n) is 5.79. The number of rotatable bonds is 5. The molecule has 0 aliphatic rings. The second-order valence-corrected chi connectivity index (χ2v) is 5.79. The predicted molar refractivity (Wildman–Crippen MR) is 76.1 cm³/mol. The zero-order valence-corrected chi connectivity index (χ0v) is 13.4. The monoisotopic (exact) mass is 298 g/mol. The summed E-state index contributed by atoms with van der Waals surface area (Å²) >= 11 is 0. The van der Waals surface area contributed by atoms with E-state index in [4.69, 9.17) is 14.2 Å². The summed E-state index contributed by atoms with van der Waals surface area (Å²) in [6.07, 6.45) is 0. The van der Waals surface area contributed by atoms with Crippen LogP contribution in [-0.2, 0) is 28.6 Å². The van der Waals surface area contributed by atoms with Gasteiger partial charge in [-0.15, -0.1) is 0 Å². The maximum Gasteiger partial charge on any atom is 0.393 e. The van der Waals surface area contributed by atoms with Crippen molar-refractivity contribution in [2.75, 3.05) is 0 Å². The van der Waals surface area contributed by atoms with E-state index in [-0.39, 0.29) is 11.1 Å². The van der Waals surface area contributed by atoms with Gasteiger partial charge in [-0.3, -0.25) is 0 Å². The highest BCUT2D eigenvalue weighted by molar-refractivity contribution is 5.93. The Kier molecular flexibility index (Phi) is 5.90. The molecule has 0 atom stereocenters. The van der Waals surface area contributed by atoms with Crippen molar-refractivity contribution in [2.24, 2.45) is 0 Å². The third kappa shape index (κ3) is 6.25. The molecule has 0 radical (unpaired) electrons. The SMILES string of the molecule is C=C(C)C(=O)OC(C)(OC(=O)C(=C)C)C(=O)OC(C)(C)C. The average molecular weight is 298 g/mol. The topological polar surface area (TPSA) is 78.9 Å². The number of hydrogen-bond acceptors (Lipinski definition) is 6. The van der Waals surface area contributed by atoms with Crippen LogP contribution in [0.4, 0.5) is 0 Å². The van der Waals surface area contributed by atoms with Crippen LogP contribution in [0.15, 0.2) is 24.3 Å². The van der Waals surface area contributed by atoms with Crippen molar-refractivity contribution in [1.29, 1.82) is 0 Å². The lowest BCUT2D eigenvalue weighted by Crippen LogP contribution is -2.48. The maximum atomic E-state index is 12.2. The fourth-order valence-corrected chi connectivity index (χ4v) is 1.00. The molecule has 0 saturated carbocycles. The first-order chi connectivity index (χ1) is 9.28. The maximum absolute atomic E-state index is 12.2. The summed E-state index contributed by atoms with van der Waals surface area (Å²) in [5, 5.41) is 0. The molecule has 0 aliphatic heterocycles. The molecule has 0 saturated heterocycles. The molecule has 0 fully saturated rings. The van der Waals surface area contributed by atoms with Crippen molar-refractivity contribution in [2.45, 2.75) is 52.9 Å². The molecule has 0 heterocycles. The van der Waals surface area contributed by atoms with Crippen molar-refractivity contribution < 1.29 is 28.6 Å². The van der Waals surface area contributed by atoms with Crippen molar-refractivity contribution in [3.05, 3.63) is 24.3 Å². The van der Waals surface area contributed by atoms with Gasteiger partial charge >= 0.3 is 23.7 Å². The third-order valence-corrected chi connectivity index (χ3v) is 2.04. The van der Waals surface area contributed by atoms with E-state index in [9.17, 15) is 14.4 Å². The van der Waals surface area contributed by atoms with E-state index in [0.29, 0.717) is 0 Å². The molecule has 0 rings (SSSR count). The molecule has 0 amide bonds. The molecule has 21 heavy (non-hydrogen) atoms. The normalized spacial score (nSPS) is 11.3. The number of carbonyl (C=O) groups is 3. The minimum Gasteiger partial charge on any atom is -0.454 e. The van der Waals surface area contributed by atoms with E-state index < -0.39 is 29.3 Å². The summed E-state index contributed by atoms with van der Waals surface area (Å²) in [6, 6.07) is 0. The molecule has 6 nitrogen and oxygen atoms in total. The Morgan fingerprint density at radius 3 is 1.33 bits per heavy atom. The van der Waals surface area contributed by atoms with Gasteiger partial charge in [0.15, 0.2) is 0 Å². The summed E-state index contributed by atoms with van der Waals surface area (Å²) in [5.41, 5.74) is -0.740. The highest BCUT2D eigenvalue weighted by Gasteiger charge is 2.45. The minimum absolute atomic E-state index is 0.0520. The Hall–Kier alpha value is -2.11. The van der Waals surface area contributed by atoms with Gasteiger partial charge in [0.1, 0.15) is 5.60 Å². The van der Waals surface area contributed by atoms with E-state index in [2.05, 4.69) is 13.2 Å². The van der Waals surface area contributed by atoms with E-state index in [1.54, 1.807) is 20.8 Å². The summed E-state index contributed by atoms with van der Waals surface area (Å²) in [6.45, 7) is 15.6. The number of ether oxygens (including phenoxy) is 3. The van der Waals surface area contributed by atoms with Gasteiger partial charge in [0, 0.05) is 18.1 Å². The Morgan fingerprint density at radius 2 is 1.10 bits per heavy atom. The zero-order valence-electron chi connectivity index (χ0n) is 13.4. The summed E-state index contributed by atoms with van der Waals surface area (Å²) in [5.74, 6) is -4.96. The lowest BCUT2D eigenvalue weighted by Gasteiger charge is -2.30. The Morgan fingerprint density at radius 1 is 0.762 bits per heavy atom. The molecule has 0 unspecified atom stereocenters. The molecule has 0 aliphatic carbocycles. The van der Waals surface area contributed by atoms with E-state index in [1.165, 1.54) is 13.8 Å². The van der Waals surface area contributed by atoms with Gasteiger partial charge in [0.25, 0.3) is 0 Å². The first kappa shape index (κ1) is 18.9. The van der Waals surface area contributed by atoms with Crippen molar-refractivity contribution in [3.63, 3.8) is 0 Å². The van der Waals surface area contributed by atoms with Gasteiger partial charge in [0.05, 0.1) is 0 Å². The molecule has 0 bridgehead atoms. The Labute approximate surface area is 124 Å². The molecular formula is C15H22O6. The third-order valence-electron chi connectivity index (χ3n) is 2.04.